The number of hydrazine groups is 1. The van der Waals surface area contributed by atoms with Gasteiger partial charge >= 0.3 is 0 Å². The van der Waals surface area contributed by atoms with Gasteiger partial charge in [-0.25, -0.2) is 15.2 Å². The highest BCUT2D eigenvalue weighted by atomic mass is 35.5. The predicted octanol–water partition coefficient (Wildman–Crippen LogP) is 1.07. The number of nitrogens with two attached hydrogens (primary N) is 1. The number of rotatable bonds is 1. The second-order valence-electron chi connectivity index (χ2n) is 3.20. The minimum Gasteiger partial charge on any atom is -0.315 e. The summed E-state index contributed by atoms with van der Waals surface area (Å²) in [6.07, 6.45) is 0.616. The summed E-state index contributed by atoms with van der Waals surface area (Å²) >= 11 is 0. The minimum absolute atomic E-state index is 0. The molecule has 1 aliphatic rings. The van der Waals surface area contributed by atoms with Crippen molar-refractivity contribution >= 4 is 12.4 Å². The van der Waals surface area contributed by atoms with Crippen LogP contribution in [0.4, 0.5) is 4.39 Å². The molecule has 0 spiro atoms. The normalized spacial score (nSPS) is 25.9. The van der Waals surface area contributed by atoms with Crippen LogP contribution < -0.4 is 16.6 Å². The van der Waals surface area contributed by atoms with Crippen LogP contribution in [-0.2, 0) is 0 Å². The number of halogens is 2. The molecule has 0 saturated carbocycles. The summed E-state index contributed by atoms with van der Waals surface area (Å²) in [6, 6.07) is 6.72. The first-order valence-corrected chi connectivity index (χ1v) is 4.28. The Balaban J connectivity index is 0.000000980. The summed E-state index contributed by atoms with van der Waals surface area (Å²) in [4.78, 5) is 0. The van der Waals surface area contributed by atoms with Gasteiger partial charge in [-0.3, -0.25) is 0 Å². The maximum absolute atomic E-state index is 13.3. The SMILES string of the molecule is Cl.NC1CC(c2ccccc2F)NN1. The van der Waals surface area contributed by atoms with Gasteiger partial charge in [0.1, 0.15) is 5.82 Å². The Morgan fingerprint density at radius 3 is 2.57 bits per heavy atom. The molecule has 1 aromatic rings. The molecule has 0 aromatic heterocycles. The third-order valence-corrected chi connectivity index (χ3v) is 2.21. The van der Waals surface area contributed by atoms with Crippen LogP contribution >= 0.6 is 12.4 Å². The van der Waals surface area contributed by atoms with E-state index < -0.39 is 0 Å². The van der Waals surface area contributed by atoms with Crippen LogP contribution in [-0.4, -0.2) is 6.17 Å². The second-order valence-corrected chi connectivity index (χ2v) is 3.20. The lowest BCUT2D eigenvalue weighted by molar-refractivity contribution is 0.527. The van der Waals surface area contributed by atoms with Gasteiger partial charge in [0.15, 0.2) is 0 Å². The van der Waals surface area contributed by atoms with Crippen molar-refractivity contribution in [1.29, 1.82) is 0 Å². The van der Waals surface area contributed by atoms with E-state index in [1.807, 2.05) is 6.07 Å². The zero-order valence-electron chi connectivity index (χ0n) is 7.53. The zero-order chi connectivity index (χ0) is 9.26. The van der Waals surface area contributed by atoms with E-state index in [-0.39, 0.29) is 30.4 Å². The van der Waals surface area contributed by atoms with Crippen molar-refractivity contribution in [3.05, 3.63) is 35.6 Å². The molecule has 0 bridgehead atoms. The lowest BCUT2D eigenvalue weighted by atomic mass is 10.0. The number of hydrogen-bond donors (Lipinski definition) is 3. The van der Waals surface area contributed by atoms with Crippen LogP contribution in [0, 0.1) is 5.82 Å². The third kappa shape index (κ3) is 2.22. The highest BCUT2D eigenvalue weighted by Crippen LogP contribution is 2.22. The molecular formula is C9H13ClFN3. The summed E-state index contributed by atoms with van der Waals surface area (Å²) in [7, 11) is 0. The number of benzene rings is 1. The Kier molecular flexibility index (Phi) is 3.83. The molecule has 0 aliphatic carbocycles. The average Bonchev–Trinajstić information content (AvgIpc) is 2.53. The maximum Gasteiger partial charge on any atom is 0.128 e. The van der Waals surface area contributed by atoms with E-state index in [2.05, 4.69) is 10.9 Å². The van der Waals surface area contributed by atoms with Gasteiger partial charge in [0, 0.05) is 5.56 Å². The highest BCUT2D eigenvalue weighted by Gasteiger charge is 2.23. The first-order chi connectivity index (χ1) is 6.27. The molecule has 1 aromatic carbocycles. The van der Waals surface area contributed by atoms with Gasteiger partial charge in [0.25, 0.3) is 0 Å². The van der Waals surface area contributed by atoms with Crippen molar-refractivity contribution < 1.29 is 4.39 Å². The smallest absolute Gasteiger partial charge is 0.128 e. The first kappa shape index (κ1) is 11.4. The quantitative estimate of drug-likeness (QED) is 0.660. The van der Waals surface area contributed by atoms with Crippen LogP contribution in [0.15, 0.2) is 24.3 Å². The number of nitrogens with one attached hydrogen (secondary N) is 2. The summed E-state index contributed by atoms with van der Waals surface area (Å²) < 4.78 is 13.3. The van der Waals surface area contributed by atoms with Crippen LogP contribution in [0.2, 0.25) is 0 Å². The Morgan fingerprint density at radius 1 is 1.29 bits per heavy atom. The first-order valence-electron chi connectivity index (χ1n) is 4.28. The third-order valence-electron chi connectivity index (χ3n) is 2.21. The van der Waals surface area contributed by atoms with Gasteiger partial charge in [-0.15, -0.1) is 12.4 Å². The summed E-state index contributed by atoms with van der Waals surface area (Å²) in [6.45, 7) is 0. The van der Waals surface area contributed by atoms with E-state index >= 15 is 0 Å². The van der Waals surface area contributed by atoms with Gasteiger partial charge < -0.3 is 5.73 Å². The maximum atomic E-state index is 13.3. The molecule has 1 saturated heterocycles. The van der Waals surface area contributed by atoms with Crippen LogP contribution in [0.5, 0.6) is 0 Å². The van der Waals surface area contributed by atoms with Crippen molar-refractivity contribution in [3.8, 4) is 0 Å². The molecule has 4 N–H and O–H groups in total. The molecule has 0 radical (unpaired) electrons. The molecular weight excluding hydrogens is 205 g/mol. The summed E-state index contributed by atoms with van der Waals surface area (Å²) in [5.74, 6) is -0.184. The summed E-state index contributed by atoms with van der Waals surface area (Å²) in [5, 5.41) is 0. The van der Waals surface area contributed by atoms with Crippen molar-refractivity contribution in [2.75, 3.05) is 0 Å². The molecule has 5 heteroatoms. The topological polar surface area (TPSA) is 50.1 Å². The predicted molar refractivity (Wildman–Crippen MR) is 55.3 cm³/mol. The van der Waals surface area contributed by atoms with Gasteiger partial charge in [0.2, 0.25) is 0 Å². The van der Waals surface area contributed by atoms with Gasteiger partial charge in [-0.05, 0) is 12.5 Å². The van der Waals surface area contributed by atoms with Crippen molar-refractivity contribution in [2.45, 2.75) is 18.6 Å². The van der Waals surface area contributed by atoms with E-state index in [4.69, 9.17) is 5.73 Å². The lowest BCUT2D eigenvalue weighted by Crippen LogP contribution is -2.36. The van der Waals surface area contributed by atoms with Gasteiger partial charge in [0.05, 0.1) is 12.2 Å². The Labute approximate surface area is 88.2 Å². The van der Waals surface area contributed by atoms with Gasteiger partial charge in [-0.2, -0.15) is 0 Å². The fourth-order valence-corrected chi connectivity index (χ4v) is 1.54. The molecule has 2 atom stereocenters. The van der Waals surface area contributed by atoms with E-state index in [1.165, 1.54) is 6.07 Å². The van der Waals surface area contributed by atoms with Gasteiger partial charge in [-0.1, -0.05) is 18.2 Å². The molecule has 2 unspecified atom stereocenters. The van der Waals surface area contributed by atoms with Crippen molar-refractivity contribution in [1.82, 2.24) is 10.9 Å². The van der Waals surface area contributed by atoms with E-state index in [0.717, 1.165) is 0 Å². The minimum atomic E-state index is -0.184. The molecule has 2 rings (SSSR count). The van der Waals surface area contributed by atoms with Crippen molar-refractivity contribution in [2.24, 2.45) is 5.73 Å². The molecule has 1 fully saturated rings. The molecule has 1 heterocycles. The van der Waals surface area contributed by atoms with Crippen LogP contribution in [0.25, 0.3) is 0 Å². The molecule has 0 amide bonds. The molecule has 1 aliphatic heterocycles. The monoisotopic (exact) mass is 217 g/mol. The van der Waals surface area contributed by atoms with E-state index in [1.54, 1.807) is 12.1 Å². The van der Waals surface area contributed by atoms with Crippen LogP contribution in [0.1, 0.15) is 18.0 Å². The van der Waals surface area contributed by atoms with Crippen LogP contribution in [0.3, 0.4) is 0 Å². The fraction of sp³-hybridized carbons (Fsp3) is 0.333. The highest BCUT2D eigenvalue weighted by molar-refractivity contribution is 5.85. The standard InChI is InChI=1S/C9H12FN3.ClH/c10-7-4-2-1-3-6(7)8-5-9(11)13-12-8;/h1-4,8-9,12-13H,5,11H2;1H. The summed E-state index contributed by atoms with van der Waals surface area (Å²) in [5.41, 5.74) is 12.1. The Hall–Kier alpha value is -0.680. The molecule has 14 heavy (non-hydrogen) atoms. The lowest BCUT2D eigenvalue weighted by Gasteiger charge is -2.09. The Morgan fingerprint density at radius 2 is 2.00 bits per heavy atom. The molecule has 3 nitrogen and oxygen atoms in total. The van der Waals surface area contributed by atoms with Crippen molar-refractivity contribution in [3.63, 3.8) is 0 Å². The van der Waals surface area contributed by atoms with E-state index in [0.29, 0.717) is 12.0 Å². The second kappa shape index (κ2) is 4.70. The number of hydrogen-bond acceptors (Lipinski definition) is 3. The largest absolute Gasteiger partial charge is 0.315 e. The zero-order valence-corrected chi connectivity index (χ0v) is 8.35. The molecule has 78 valence electrons. The van der Waals surface area contributed by atoms with E-state index in [9.17, 15) is 4.39 Å². The Bertz CT molecular complexity index is 308. The fourth-order valence-electron chi connectivity index (χ4n) is 1.54. The average molecular weight is 218 g/mol.